The van der Waals surface area contributed by atoms with Crippen LogP contribution in [0.1, 0.15) is 17.0 Å². The summed E-state index contributed by atoms with van der Waals surface area (Å²) in [6.07, 6.45) is 4.89. The molecule has 1 aromatic carbocycles. The van der Waals surface area contributed by atoms with Gasteiger partial charge in [0.25, 0.3) is 0 Å². The number of carbonyl (C=O) groups is 1. The predicted molar refractivity (Wildman–Crippen MR) is 97.8 cm³/mol. The van der Waals surface area contributed by atoms with E-state index < -0.39 is 0 Å². The molecule has 0 saturated carbocycles. The quantitative estimate of drug-likeness (QED) is 0.560. The number of hydrogen-bond acceptors (Lipinski definition) is 5. The van der Waals surface area contributed by atoms with E-state index in [1.807, 2.05) is 57.4 Å². The number of imidazole rings is 1. The van der Waals surface area contributed by atoms with Gasteiger partial charge in [0.1, 0.15) is 11.5 Å². The monoisotopic (exact) mass is 364 g/mol. The van der Waals surface area contributed by atoms with Gasteiger partial charge in [0.05, 0.1) is 18.7 Å². The zero-order chi connectivity index (χ0) is 17.5. The van der Waals surface area contributed by atoms with Crippen LogP contribution < -0.4 is 0 Å². The van der Waals surface area contributed by atoms with Gasteiger partial charge in [-0.15, -0.1) is 11.3 Å². The Labute approximate surface area is 153 Å². The molecule has 0 fully saturated rings. The predicted octanol–water partition coefficient (Wildman–Crippen LogP) is 3.18. The molecule has 5 rings (SSSR count). The van der Waals surface area contributed by atoms with Gasteiger partial charge in [0.15, 0.2) is 4.96 Å². The maximum Gasteiger partial charge on any atom is 0.228 e. The van der Waals surface area contributed by atoms with Crippen molar-refractivity contribution in [3.8, 4) is 11.3 Å². The molecule has 0 unspecified atom stereocenters. The third kappa shape index (κ3) is 2.61. The van der Waals surface area contributed by atoms with Gasteiger partial charge in [0, 0.05) is 41.9 Å². The molecule has 0 atom stereocenters. The van der Waals surface area contributed by atoms with Crippen LogP contribution in [-0.2, 0) is 24.2 Å². The smallest absolute Gasteiger partial charge is 0.228 e. The first-order chi connectivity index (χ1) is 12.8. The van der Waals surface area contributed by atoms with Crippen molar-refractivity contribution in [1.82, 2.24) is 19.4 Å². The van der Waals surface area contributed by atoms with E-state index >= 15 is 0 Å². The number of benzene rings is 1. The zero-order valence-electron chi connectivity index (χ0n) is 14.0. The van der Waals surface area contributed by atoms with E-state index in [0.29, 0.717) is 25.9 Å². The fourth-order valence-electron chi connectivity index (χ4n) is 3.37. The highest BCUT2D eigenvalue weighted by Gasteiger charge is 2.27. The molecule has 0 bridgehead atoms. The molecule has 3 aromatic heterocycles. The number of aromatic nitrogens is 3. The molecule has 0 saturated heterocycles. The van der Waals surface area contributed by atoms with Crippen LogP contribution >= 0.6 is 11.3 Å². The van der Waals surface area contributed by atoms with Crippen molar-refractivity contribution in [2.45, 2.75) is 19.4 Å². The second-order valence-electron chi connectivity index (χ2n) is 6.37. The number of nitrogens with zero attached hydrogens (tertiary/aromatic N) is 4. The van der Waals surface area contributed by atoms with Crippen LogP contribution in [0.5, 0.6) is 0 Å². The third-order valence-electron chi connectivity index (χ3n) is 4.70. The van der Waals surface area contributed by atoms with Gasteiger partial charge in [-0.1, -0.05) is 35.5 Å². The first-order valence-electron chi connectivity index (χ1n) is 8.49. The Kier molecular flexibility index (Phi) is 3.60. The number of carbonyl (C=O) groups excluding carboxylic acids is 1. The normalized spacial score (nSPS) is 13.9. The number of thiazole rings is 1. The van der Waals surface area contributed by atoms with E-state index in [-0.39, 0.29) is 5.91 Å². The summed E-state index contributed by atoms with van der Waals surface area (Å²) in [5.74, 6) is 0.969. The highest BCUT2D eigenvalue weighted by molar-refractivity contribution is 7.15. The first kappa shape index (κ1) is 15.3. The van der Waals surface area contributed by atoms with E-state index in [2.05, 4.69) is 10.1 Å². The van der Waals surface area contributed by atoms with Crippen molar-refractivity contribution < 1.29 is 9.32 Å². The summed E-state index contributed by atoms with van der Waals surface area (Å²) in [5.41, 5.74) is 3.67. The van der Waals surface area contributed by atoms with Gasteiger partial charge in [-0.2, -0.15) is 0 Å². The van der Waals surface area contributed by atoms with Crippen LogP contribution in [0.3, 0.4) is 0 Å². The standard InChI is InChI=1S/C19H16N4O2S/c24-17(10-14-11-23-8-9-26-19(23)20-14)22-7-6-16-15(12-22)18(21-25-16)13-4-2-1-3-5-13/h1-5,8-9,11H,6-7,10,12H2. The molecule has 26 heavy (non-hydrogen) atoms. The summed E-state index contributed by atoms with van der Waals surface area (Å²) in [6.45, 7) is 1.18. The van der Waals surface area contributed by atoms with Crippen molar-refractivity contribution in [1.29, 1.82) is 0 Å². The molecule has 1 aliphatic rings. The molecule has 0 radical (unpaired) electrons. The lowest BCUT2D eigenvalue weighted by Gasteiger charge is -2.26. The Balaban J connectivity index is 1.37. The molecule has 4 aromatic rings. The van der Waals surface area contributed by atoms with Gasteiger partial charge in [-0.25, -0.2) is 4.98 Å². The van der Waals surface area contributed by atoms with Crippen LogP contribution in [-0.4, -0.2) is 31.9 Å². The second-order valence-corrected chi connectivity index (χ2v) is 7.24. The summed E-state index contributed by atoms with van der Waals surface area (Å²) in [6, 6.07) is 9.95. The van der Waals surface area contributed by atoms with Crippen LogP contribution in [0, 0.1) is 0 Å². The Morgan fingerprint density at radius 2 is 2.15 bits per heavy atom. The maximum atomic E-state index is 12.8. The van der Waals surface area contributed by atoms with Crippen LogP contribution in [0.25, 0.3) is 16.2 Å². The number of hydrogen-bond donors (Lipinski definition) is 0. The van der Waals surface area contributed by atoms with Crippen LogP contribution in [0.15, 0.2) is 52.6 Å². The highest BCUT2D eigenvalue weighted by atomic mass is 32.1. The van der Waals surface area contributed by atoms with Gasteiger partial charge in [-0.05, 0) is 0 Å². The minimum absolute atomic E-state index is 0.0848. The molecule has 0 N–H and O–H groups in total. The fourth-order valence-corrected chi connectivity index (χ4v) is 4.09. The van der Waals surface area contributed by atoms with Crippen molar-refractivity contribution >= 4 is 22.2 Å². The Morgan fingerprint density at radius 3 is 3.00 bits per heavy atom. The third-order valence-corrected chi connectivity index (χ3v) is 5.47. The van der Waals surface area contributed by atoms with Gasteiger partial charge in [-0.3, -0.25) is 9.20 Å². The molecule has 6 nitrogen and oxygen atoms in total. The molecular formula is C19H16N4O2S. The van der Waals surface area contributed by atoms with E-state index in [4.69, 9.17) is 4.52 Å². The largest absolute Gasteiger partial charge is 0.360 e. The number of fused-ring (bicyclic) bond motifs is 2. The van der Waals surface area contributed by atoms with Gasteiger partial charge < -0.3 is 9.42 Å². The fraction of sp³-hybridized carbons (Fsp3) is 0.211. The minimum atomic E-state index is 0.0848. The Hall–Kier alpha value is -2.93. The van der Waals surface area contributed by atoms with Crippen molar-refractivity contribution in [2.75, 3.05) is 6.54 Å². The summed E-state index contributed by atoms with van der Waals surface area (Å²) in [4.78, 5) is 20.1. The molecule has 0 spiro atoms. The second kappa shape index (κ2) is 6.10. The molecule has 1 amide bonds. The molecule has 1 aliphatic heterocycles. The van der Waals surface area contributed by atoms with E-state index in [1.165, 1.54) is 0 Å². The Morgan fingerprint density at radius 1 is 1.27 bits per heavy atom. The maximum absolute atomic E-state index is 12.8. The summed E-state index contributed by atoms with van der Waals surface area (Å²) in [5, 5.41) is 6.22. The lowest BCUT2D eigenvalue weighted by molar-refractivity contribution is -0.131. The van der Waals surface area contributed by atoms with E-state index in [9.17, 15) is 4.79 Å². The lowest BCUT2D eigenvalue weighted by Crippen LogP contribution is -2.36. The zero-order valence-corrected chi connectivity index (χ0v) is 14.8. The van der Waals surface area contributed by atoms with Crippen molar-refractivity contribution in [3.05, 3.63) is 65.1 Å². The molecule has 130 valence electrons. The van der Waals surface area contributed by atoms with E-state index in [1.54, 1.807) is 11.3 Å². The highest BCUT2D eigenvalue weighted by Crippen LogP contribution is 2.30. The molecule has 4 heterocycles. The lowest BCUT2D eigenvalue weighted by atomic mass is 10.0. The SMILES string of the molecule is O=C(Cc1cn2ccsc2n1)N1CCc2onc(-c3ccccc3)c2C1. The molecule has 7 heteroatoms. The topological polar surface area (TPSA) is 63.6 Å². The Bertz CT molecular complexity index is 1050. The van der Waals surface area contributed by atoms with E-state index in [0.717, 1.165) is 33.2 Å². The number of rotatable bonds is 3. The molecular weight excluding hydrogens is 348 g/mol. The van der Waals surface area contributed by atoms with Crippen LogP contribution in [0.4, 0.5) is 0 Å². The molecule has 0 aliphatic carbocycles. The van der Waals surface area contributed by atoms with Gasteiger partial charge in [0.2, 0.25) is 5.91 Å². The van der Waals surface area contributed by atoms with Crippen molar-refractivity contribution in [3.63, 3.8) is 0 Å². The van der Waals surface area contributed by atoms with Crippen LogP contribution in [0.2, 0.25) is 0 Å². The number of amides is 1. The average molecular weight is 364 g/mol. The average Bonchev–Trinajstić information content (AvgIpc) is 3.36. The summed E-state index contributed by atoms with van der Waals surface area (Å²) >= 11 is 1.57. The summed E-state index contributed by atoms with van der Waals surface area (Å²) < 4.78 is 7.47. The minimum Gasteiger partial charge on any atom is -0.360 e. The van der Waals surface area contributed by atoms with Gasteiger partial charge >= 0.3 is 0 Å². The van der Waals surface area contributed by atoms with Crippen molar-refractivity contribution in [2.24, 2.45) is 0 Å². The summed E-state index contributed by atoms with van der Waals surface area (Å²) in [7, 11) is 0. The first-order valence-corrected chi connectivity index (χ1v) is 9.37.